The molecule has 28 heavy (non-hydrogen) atoms. The van der Waals surface area contributed by atoms with Crippen molar-refractivity contribution in [1.29, 1.82) is 0 Å². The molecule has 0 rings (SSSR count). The maximum atomic E-state index is 8.56. The van der Waals surface area contributed by atoms with E-state index >= 15 is 0 Å². The van der Waals surface area contributed by atoms with Crippen LogP contribution in [0.25, 0.3) is 0 Å². The summed E-state index contributed by atoms with van der Waals surface area (Å²) >= 11 is 4.07. The van der Waals surface area contributed by atoms with Crippen molar-refractivity contribution >= 4 is 60.5 Å². The van der Waals surface area contributed by atoms with E-state index < -0.39 is 12.3 Å². The van der Waals surface area contributed by atoms with Crippen LogP contribution in [0.2, 0.25) is 0 Å². The third kappa shape index (κ3) is 267. The molecule has 0 unspecified atom stereocenters. The molecule has 176 valence electrons. The van der Waals surface area contributed by atoms with Crippen molar-refractivity contribution in [3.8, 4) is 0 Å². The van der Waals surface area contributed by atoms with Crippen LogP contribution in [0.3, 0.4) is 0 Å². The molecular formula is C10H28O14S4. The second-order valence-electron chi connectivity index (χ2n) is 2.49. The molecule has 0 heterocycles. The van der Waals surface area contributed by atoms with E-state index in [0.717, 1.165) is 71.2 Å². The summed E-state index contributed by atoms with van der Waals surface area (Å²) in [6.07, 6.45) is -3.67. The molecule has 0 saturated carbocycles. The Morgan fingerprint density at radius 2 is 0.643 bits per heavy atom. The van der Waals surface area contributed by atoms with Gasteiger partial charge in [-0.3, -0.25) is 0 Å². The first-order chi connectivity index (χ1) is 13.1. The van der Waals surface area contributed by atoms with Gasteiger partial charge in [0.2, 0.25) is 0 Å². The van der Waals surface area contributed by atoms with Crippen LogP contribution in [0.1, 0.15) is 27.7 Å². The van der Waals surface area contributed by atoms with Crippen LogP contribution in [0.4, 0.5) is 9.59 Å². The molecule has 0 aromatic carbocycles. The van der Waals surface area contributed by atoms with Gasteiger partial charge >= 0.3 is 12.3 Å². The largest absolute Gasteiger partial charge is 0.503 e. The fraction of sp³-hybridized carbons (Fsp3) is 0.800. The average molecular weight is 501 g/mol. The van der Waals surface area contributed by atoms with Crippen molar-refractivity contribution in [1.82, 2.24) is 0 Å². The summed E-state index contributed by atoms with van der Waals surface area (Å²) in [6, 6.07) is 0. The van der Waals surface area contributed by atoms with Gasteiger partial charge in [0.25, 0.3) is 0 Å². The van der Waals surface area contributed by atoms with E-state index in [0.29, 0.717) is 0 Å². The predicted molar refractivity (Wildman–Crippen MR) is 109 cm³/mol. The second-order valence-corrected chi connectivity index (χ2v) is 6.34. The van der Waals surface area contributed by atoms with Gasteiger partial charge in [0.15, 0.2) is 0 Å². The summed E-state index contributed by atoms with van der Waals surface area (Å²) in [4.78, 5) is 17.1. The lowest BCUT2D eigenvalue weighted by Crippen LogP contribution is -1.81. The molecule has 0 atom stereocenters. The summed E-state index contributed by atoms with van der Waals surface area (Å²) < 4.78 is 14.4. The first-order valence-electron chi connectivity index (χ1n) is 6.68. The van der Waals surface area contributed by atoms with Crippen molar-refractivity contribution in [2.45, 2.75) is 27.7 Å². The van der Waals surface area contributed by atoms with E-state index in [1.807, 2.05) is 27.7 Å². The summed E-state index contributed by atoms with van der Waals surface area (Å²) in [5.74, 6) is 3.15. The van der Waals surface area contributed by atoms with Gasteiger partial charge in [0, 0.05) is 71.2 Å². The van der Waals surface area contributed by atoms with Crippen molar-refractivity contribution < 1.29 is 68.4 Å². The number of rotatable bonds is 8. The Bertz CT molecular complexity index is 200. The van der Waals surface area contributed by atoms with Crippen LogP contribution in [0.5, 0.6) is 0 Å². The monoisotopic (exact) mass is 500 g/mol. The van der Waals surface area contributed by atoms with E-state index in [1.165, 1.54) is 0 Å². The maximum Gasteiger partial charge on any atom is 0.503 e. The van der Waals surface area contributed by atoms with E-state index in [9.17, 15) is 0 Å². The Kier molecular flexibility index (Phi) is 84.2. The minimum atomic E-state index is -1.83. The minimum absolute atomic E-state index is 0.788. The molecule has 0 aliphatic heterocycles. The number of carboxylic acid groups (broad SMARTS) is 4. The highest BCUT2D eigenvalue weighted by Gasteiger charge is 1.71. The molecule has 0 aliphatic rings. The number of carbonyl (C=O) groups is 2. The lowest BCUT2D eigenvalue weighted by Gasteiger charge is -1.79. The first-order valence-corrected chi connectivity index (χ1v) is 10.3. The molecule has 0 radical (unpaired) electrons. The first kappa shape index (κ1) is 41.9. The van der Waals surface area contributed by atoms with E-state index in [2.05, 4.69) is 17.3 Å². The molecule has 8 N–H and O–H groups in total. The zero-order chi connectivity index (χ0) is 23.6. The Balaban J connectivity index is -0.0000000520. The zero-order valence-electron chi connectivity index (χ0n) is 15.5. The second kappa shape index (κ2) is 56.3. The van der Waals surface area contributed by atoms with Gasteiger partial charge in [-0.15, -0.1) is 0 Å². The molecule has 0 amide bonds. The van der Waals surface area contributed by atoms with Crippen LogP contribution >= 0.6 is 48.2 Å². The lowest BCUT2D eigenvalue weighted by molar-refractivity contribution is -0.116. The van der Waals surface area contributed by atoms with Gasteiger partial charge in [-0.05, 0) is 0 Å². The maximum absolute atomic E-state index is 8.56. The van der Waals surface area contributed by atoms with Crippen LogP contribution in [0.15, 0.2) is 0 Å². The molecule has 0 aromatic heterocycles. The third-order valence-electron chi connectivity index (χ3n) is 0.682. The average Bonchev–Trinajstić information content (AvgIpc) is 2.58. The third-order valence-corrected chi connectivity index (χ3v) is 2.05. The summed E-state index contributed by atoms with van der Waals surface area (Å²) in [6.45, 7) is 7.56. The Labute approximate surface area is 179 Å². The molecule has 0 aromatic rings. The Morgan fingerprint density at radius 3 is 0.643 bits per heavy atom. The van der Waals surface area contributed by atoms with Crippen molar-refractivity contribution in [2.75, 3.05) is 23.0 Å². The molecule has 0 aliphatic carbocycles. The SMILES string of the molecule is CCSOO.CCSOO.CCSOO.CCSOO.O=C(O)O.O=C(O)O. The van der Waals surface area contributed by atoms with Gasteiger partial charge in [-0.2, -0.15) is 17.3 Å². The van der Waals surface area contributed by atoms with Gasteiger partial charge in [-0.25, -0.2) is 30.6 Å². The number of hydrogen-bond acceptors (Lipinski definition) is 14. The van der Waals surface area contributed by atoms with Gasteiger partial charge in [0.05, 0.1) is 0 Å². The number of hydrogen-bond donors (Lipinski definition) is 8. The quantitative estimate of drug-likeness (QED) is 0.124. The molecule has 0 saturated heterocycles. The standard InChI is InChI=1S/4C2H6O2S.2CH2O3/c4*1-2-5-4-3;2*2-1(3)4/h4*3H,2H2,1H3;2*(H2,2,3,4). The van der Waals surface area contributed by atoms with E-state index in [-0.39, 0.29) is 0 Å². The van der Waals surface area contributed by atoms with Crippen LogP contribution in [0, 0.1) is 0 Å². The van der Waals surface area contributed by atoms with Crippen molar-refractivity contribution in [3.05, 3.63) is 0 Å². The summed E-state index contributed by atoms with van der Waals surface area (Å²) in [5.41, 5.74) is 0. The van der Waals surface area contributed by atoms with Crippen LogP contribution in [-0.2, 0) is 17.3 Å². The van der Waals surface area contributed by atoms with E-state index in [1.54, 1.807) is 0 Å². The molecular weight excluding hydrogens is 472 g/mol. The van der Waals surface area contributed by atoms with Gasteiger partial charge < -0.3 is 20.4 Å². The minimum Gasteiger partial charge on any atom is -0.450 e. The molecule has 0 fully saturated rings. The van der Waals surface area contributed by atoms with Crippen molar-refractivity contribution in [3.63, 3.8) is 0 Å². The smallest absolute Gasteiger partial charge is 0.450 e. The fourth-order valence-corrected chi connectivity index (χ4v) is 0.632. The highest BCUT2D eigenvalue weighted by Crippen LogP contribution is 1.94. The molecule has 18 heteroatoms. The van der Waals surface area contributed by atoms with Gasteiger partial charge in [0.1, 0.15) is 0 Å². The Morgan fingerprint density at radius 1 is 0.536 bits per heavy atom. The predicted octanol–water partition coefficient (Wildman–Crippen LogP) is 5.02. The highest BCUT2D eigenvalue weighted by molar-refractivity contribution is 7.95. The summed E-state index contributed by atoms with van der Waals surface area (Å²) in [5, 5.41) is 58.0. The fourth-order valence-electron chi connectivity index (χ4n) is 0.211. The van der Waals surface area contributed by atoms with E-state index in [4.69, 9.17) is 51.0 Å². The highest BCUT2D eigenvalue weighted by atomic mass is 32.2. The molecule has 0 bridgehead atoms. The topological polar surface area (TPSA) is 233 Å². The molecule has 0 spiro atoms. The van der Waals surface area contributed by atoms with Crippen molar-refractivity contribution in [2.24, 2.45) is 0 Å². The van der Waals surface area contributed by atoms with Crippen LogP contribution < -0.4 is 0 Å². The van der Waals surface area contributed by atoms with Gasteiger partial charge in [-0.1, -0.05) is 27.7 Å². The normalized spacial score (nSPS) is 7.71. The zero-order valence-corrected chi connectivity index (χ0v) is 18.8. The molecule has 14 nitrogen and oxygen atoms in total. The Hall–Kier alpha value is -0.380. The summed E-state index contributed by atoms with van der Waals surface area (Å²) in [7, 11) is 0. The lowest BCUT2D eigenvalue weighted by atomic mass is 11.0. The van der Waals surface area contributed by atoms with Crippen LogP contribution in [-0.4, -0.2) is 76.8 Å².